The van der Waals surface area contributed by atoms with E-state index in [1.807, 2.05) is 36.4 Å². The van der Waals surface area contributed by atoms with Crippen LogP contribution in [-0.4, -0.2) is 4.98 Å². The van der Waals surface area contributed by atoms with Crippen LogP contribution in [0.25, 0.3) is 0 Å². The average molecular weight is 233 g/mol. The van der Waals surface area contributed by atoms with Crippen molar-refractivity contribution in [1.82, 2.24) is 4.98 Å². The van der Waals surface area contributed by atoms with Crippen LogP contribution in [0.1, 0.15) is 18.5 Å². The van der Waals surface area contributed by atoms with Crippen LogP contribution >= 0.6 is 11.6 Å². The number of anilines is 1. The maximum absolute atomic E-state index is 5.83. The lowest BCUT2D eigenvalue weighted by molar-refractivity contribution is 0.881. The molecule has 1 aromatic heterocycles. The van der Waals surface area contributed by atoms with Crippen molar-refractivity contribution >= 4 is 17.3 Å². The molecule has 0 saturated carbocycles. The molecule has 0 aliphatic carbocycles. The van der Waals surface area contributed by atoms with Gasteiger partial charge in [-0.1, -0.05) is 11.6 Å². The smallest absolute Gasteiger partial charge is 0.0486 e. The topological polar surface area (TPSA) is 24.9 Å². The summed E-state index contributed by atoms with van der Waals surface area (Å²) in [5, 5.41) is 4.15. The van der Waals surface area contributed by atoms with Gasteiger partial charge in [0.05, 0.1) is 0 Å². The normalized spacial score (nSPS) is 12.1. The van der Waals surface area contributed by atoms with E-state index in [1.54, 1.807) is 12.4 Å². The number of hydrogen-bond donors (Lipinski definition) is 1. The van der Waals surface area contributed by atoms with Crippen LogP contribution in [-0.2, 0) is 0 Å². The fraction of sp³-hybridized carbons (Fsp3) is 0.154. The van der Waals surface area contributed by atoms with Crippen molar-refractivity contribution in [3.63, 3.8) is 0 Å². The zero-order valence-corrected chi connectivity index (χ0v) is 9.78. The Morgan fingerprint density at radius 2 is 1.69 bits per heavy atom. The lowest BCUT2D eigenvalue weighted by Gasteiger charge is -2.15. The summed E-state index contributed by atoms with van der Waals surface area (Å²) in [5.74, 6) is 0. The number of aromatic nitrogens is 1. The molecule has 3 heteroatoms. The largest absolute Gasteiger partial charge is 0.379 e. The molecule has 1 heterocycles. The lowest BCUT2D eigenvalue weighted by atomic mass is 10.1. The van der Waals surface area contributed by atoms with Crippen molar-refractivity contribution in [1.29, 1.82) is 0 Å². The van der Waals surface area contributed by atoms with Gasteiger partial charge in [0, 0.05) is 29.1 Å². The predicted octanol–water partition coefficient (Wildman–Crippen LogP) is 3.91. The van der Waals surface area contributed by atoms with Crippen molar-refractivity contribution in [2.45, 2.75) is 13.0 Å². The molecule has 0 amide bonds. The molecule has 0 bridgehead atoms. The second kappa shape index (κ2) is 4.99. The molecule has 2 rings (SSSR count). The van der Waals surface area contributed by atoms with Crippen LogP contribution < -0.4 is 5.32 Å². The quantitative estimate of drug-likeness (QED) is 0.868. The SMILES string of the molecule is CC(Nc1ccc(Cl)cc1)c1ccncc1. The number of nitrogens with one attached hydrogen (secondary N) is 1. The summed E-state index contributed by atoms with van der Waals surface area (Å²) in [7, 11) is 0. The zero-order chi connectivity index (χ0) is 11.4. The van der Waals surface area contributed by atoms with E-state index in [2.05, 4.69) is 17.2 Å². The molecule has 1 unspecified atom stereocenters. The van der Waals surface area contributed by atoms with Gasteiger partial charge >= 0.3 is 0 Å². The summed E-state index contributed by atoms with van der Waals surface area (Å²) in [6, 6.07) is 12.0. The van der Waals surface area contributed by atoms with Gasteiger partial charge in [-0.15, -0.1) is 0 Å². The second-order valence-electron chi connectivity index (χ2n) is 3.65. The predicted molar refractivity (Wildman–Crippen MR) is 67.7 cm³/mol. The highest BCUT2D eigenvalue weighted by Crippen LogP contribution is 2.20. The minimum absolute atomic E-state index is 0.254. The third-order valence-corrected chi connectivity index (χ3v) is 2.69. The Bertz CT molecular complexity index is 439. The number of rotatable bonds is 3. The summed E-state index contributed by atoms with van der Waals surface area (Å²) in [6.45, 7) is 2.12. The van der Waals surface area contributed by atoms with Crippen molar-refractivity contribution in [2.24, 2.45) is 0 Å². The van der Waals surface area contributed by atoms with Gasteiger partial charge in [-0.2, -0.15) is 0 Å². The molecule has 82 valence electrons. The number of nitrogens with zero attached hydrogens (tertiary/aromatic N) is 1. The van der Waals surface area contributed by atoms with Gasteiger partial charge in [0.25, 0.3) is 0 Å². The minimum Gasteiger partial charge on any atom is -0.379 e. The molecule has 1 N–H and O–H groups in total. The van der Waals surface area contributed by atoms with Gasteiger partial charge in [0.15, 0.2) is 0 Å². The Morgan fingerprint density at radius 3 is 2.31 bits per heavy atom. The molecule has 2 nitrogen and oxygen atoms in total. The maximum Gasteiger partial charge on any atom is 0.0486 e. The number of hydrogen-bond acceptors (Lipinski definition) is 2. The first-order chi connectivity index (χ1) is 7.75. The van der Waals surface area contributed by atoms with Crippen LogP contribution in [0.4, 0.5) is 5.69 Å². The molecule has 0 fully saturated rings. The summed E-state index contributed by atoms with van der Waals surface area (Å²) >= 11 is 5.83. The molecule has 0 saturated heterocycles. The zero-order valence-electron chi connectivity index (χ0n) is 9.02. The van der Waals surface area contributed by atoms with Crippen molar-refractivity contribution in [2.75, 3.05) is 5.32 Å². The second-order valence-corrected chi connectivity index (χ2v) is 4.09. The average Bonchev–Trinajstić information content (AvgIpc) is 2.33. The lowest BCUT2D eigenvalue weighted by Crippen LogP contribution is -2.06. The van der Waals surface area contributed by atoms with Gasteiger partial charge in [0.2, 0.25) is 0 Å². The maximum atomic E-state index is 5.83. The van der Waals surface area contributed by atoms with Crippen molar-refractivity contribution in [3.8, 4) is 0 Å². The Morgan fingerprint density at radius 1 is 1.06 bits per heavy atom. The molecular weight excluding hydrogens is 220 g/mol. The Kier molecular flexibility index (Phi) is 3.42. The van der Waals surface area contributed by atoms with Gasteiger partial charge in [-0.05, 0) is 48.9 Å². The molecule has 1 atom stereocenters. The van der Waals surface area contributed by atoms with E-state index in [1.165, 1.54) is 5.56 Å². The molecule has 2 aromatic rings. The van der Waals surface area contributed by atoms with E-state index in [9.17, 15) is 0 Å². The number of benzene rings is 1. The van der Waals surface area contributed by atoms with E-state index >= 15 is 0 Å². The van der Waals surface area contributed by atoms with E-state index in [4.69, 9.17) is 11.6 Å². The van der Waals surface area contributed by atoms with E-state index in [-0.39, 0.29) is 6.04 Å². The molecule has 1 aromatic carbocycles. The summed E-state index contributed by atoms with van der Waals surface area (Å²) in [6.07, 6.45) is 3.60. The monoisotopic (exact) mass is 232 g/mol. The van der Waals surface area contributed by atoms with Gasteiger partial charge < -0.3 is 5.32 Å². The van der Waals surface area contributed by atoms with Crippen LogP contribution in [0.15, 0.2) is 48.8 Å². The van der Waals surface area contributed by atoms with Crippen LogP contribution in [0, 0.1) is 0 Å². The third-order valence-electron chi connectivity index (χ3n) is 2.43. The number of halogens is 1. The van der Waals surface area contributed by atoms with E-state index in [0.717, 1.165) is 10.7 Å². The first kappa shape index (κ1) is 11.0. The third kappa shape index (κ3) is 2.74. The van der Waals surface area contributed by atoms with Crippen LogP contribution in [0.3, 0.4) is 0 Å². The Hall–Kier alpha value is -1.54. The van der Waals surface area contributed by atoms with Crippen LogP contribution in [0.2, 0.25) is 5.02 Å². The summed E-state index contributed by atoms with van der Waals surface area (Å²) < 4.78 is 0. The molecule has 0 aliphatic rings. The highest BCUT2D eigenvalue weighted by atomic mass is 35.5. The van der Waals surface area contributed by atoms with Crippen molar-refractivity contribution < 1.29 is 0 Å². The molecular formula is C13H13ClN2. The van der Waals surface area contributed by atoms with Crippen LogP contribution in [0.5, 0.6) is 0 Å². The minimum atomic E-state index is 0.254. The van der Waals surface area contributed by atoms with Gasteiger partial charge in [-0.3, -0.25) is 4.98 Å². The van der Waals surface area contributed by atoms with E-state index in [0.29, 0.717) is 0 Å². The standard InChI is InChI=1S/C13H13ClN2/c1-10(11-6-8-15-9-7-11)16-13-4-2-12(14)3-5-13/h2-10,16H,1H3. The first-order valence-electron chi connectivity index (χ1n) is 5.18. The van der Waals surface area contributed by atoms with Crippen molar-refractivity contribution in [3.05, 3.63) is 59.4 Å². The van der Waals surface area contributed by atoms with Gasteiger partial charge in [0.1, 0.15) is 0 Å². The summed E-state index contributed by atoms with van der Waals surface area (Å²) in [4.78, 5) is 4.00. The highest BCUT2D eigenvalue weighted by molar-refractivity contribution is 6.30. The highest BCUT2D eigenvalue weighted by Gasteiger charge is 2.03. The fourth-order valence-electron chi connectivity index (χ4n) is 1.53. The molecule has 16 heavy (non-hydrogen) atoms. The first-order valence-corrected chi connectivity index (χ1v) is 5.55. The Labute approximate surface area is 100 Å². The fourth-order valence-corrected chi connectivity index (χ4v) is 1.66. The molecule has 0 aliphatic heterocycles. The molecule has 0 spiro atoms. The Balaban J connectivity index is 2.08. The molecule has 0 radical (unpaired) electrons. The van der Waals surface area contributed by atoms with E-state index < -0.39 is 0 Å². The van der Waals surface area contributed by atoms with Gasteiger partial charge in [-0.25, -0.2) is 0 Å². The number of pyridine rings is 1. The summed E-state index contributed by atoms with van der Waals surface area (Å²) in [5.41, 5.74) is 2.28.